The van der Waals surface area contributed by atoms with Crippen LogP contribution >= 0.6 is 0 Å². The van der Waals surface area contributed by atoms with E-state index in [9.17, 15) is 35.9 Å². The van der Waals surface area contributed by atoms with Gasteiger partial charge in [0.2, 0.25) is 11.8 Å². The molecule has 0 spiro atoms. The summed E-state index contributed by atoms with van der Waals surface area (Å²) < 4.78 is 82.0. The van der Waals surface area contributed by atoms with E-state index >= 15 is 0 Å². The lowest BCUT2D eigenvalue weighted by atomic mass is 10.0. The van der Waals surface area contributed by atoms with Gasteiger partial charge in [0.25, 0.3) is 0 Å². The number of nitrogens with zero attached hydrogens (tertiary/aromatic N) is 2. The third kappa shape index (κ3) is 5.77. The number of benzene rings is 3. The molecular formula is C26H21F6N3O2. The Kier molecular flexibility index (Phi) is 7.53. The van der Waals surface area contributed by atoms with Crippen molar-refractivity contribution < 1.29 is 35.9 Å². The van der Waals surface area contributed by atoms with Gasteiger partial charge in [0.05, 0.1) is 6.54 Å². The van der Waals surface area contributed by atoms with Crippen LogP contribution in [0.4, 0.5) is 32.0 Å². The van der Waals surface area contributed by atoms with Crippen LogP contribution in [0.2, 0.25) is 0 Å². The van der Waals surface area contributed by atoms with Crippen LogP contribution in [0.1, 0.15) is 23.1 Å². The molecule has 2 amide bonds. The molecule has 0 bridgehead atoms. The van der Waals surface area contributed by atoms with E-state index < -0.39 is 65.8 Å². The molecule has 1 aliphatic heterocycles. The third-order valence-electron chi connectivity index (χ3n) is 6.05. The van der Waals surface area contributed by atoms with Crippen molar-refractivity contribution in [3.8, 4) is 0 Å². The van der Waals surface area contributed by atoms with Gasteiger partial charge in [0.15, 0.2) is 23.3 Å². The number of anilines is 1. The Balaban J connectivity index is 1.52. The maximum atomic E-state index is 14.3. The molecular weight excluding hydrogens is 500 g/mol. The lowest BCUT2D eigenvalue weighted by Crippen LogP contribution is -2.42. The minimum atomic E-state index is -1.36. The molecule has 37 heavy (non-hydrogen) atoms. The topological polar surface area (TPSA) is 66.6 Å². The Labute approximate surface area is 208 Å². The molecule has 4 rings (SSSR count). The zero-order chi connectivity index (χ0) is 26.9. The SMILES string of the molecule is N[C@@H](CC(=O)N1CC(=O)N(Cc2cc(F)c(F)cc2F)c2ccccc2C1)Cc1cc(F)c(F)cc1F. The number of hydrogen-bond donors (Lipinski definition) is 1. The van der Waals surface area contributed by atoms with E-state index in [1.807, 2.05) is 0 Å². The summed E-state index contributed by atoms with van der Waals surface area (Å²) in [7, 11) is 0. The molecule has 1 atom stereocenters. The van der Waals surface area contributed by atoms with E-state index in [-0.39, 0.29) is 30.5 Å². The molecule has 2 N–H and O–H groups in total. The summed E-state index contributed by atoms with van der Waals surface area (Å²) in [6, 6.07) is 7.71. The first-order valence-corrected chi connectivity index (χ1v) is 11.2. The van der Waals surface area contributed by atoms with Crippen molar-refractivity contribution in [3.05, 3.63) is 100 Å². The number of carbonyl (C=O) groups is 2. The highest BCUT2D eigenvalue weighted by Gasteiger charge is 2.30. The maximum Gasteiger partial charge on any atom is 0.246 e. The molecule has 0 radical (unpaired) electrons. The first-order valence-electron chi connectivity index (χ1n) is 11.2. The van der Waals surface area contributed by atoms with E-state index in [1.165, 1.54) is 9.80 Å². The lowest BCUT2D eigenvalue weighted by molar-refractivity contribution is -0.135. The highest BCUT2D eigenvalue weighted by molar-refractivity contribution is 5.98. The summed E-state index contributed by atoms with van der Waals surface area (Å²) in [5.74, 6) is -8.42. The van der Waals surface area contributed by atoms with E-state index in [2.05, 4.69) is 0 Å². The minimum absolute atomic E-state index is 0.0102. The van der Waals surface area contributed by atoms with E-state index in [1.54, 1.807) is 24.3 Å². The molecule has 3 aromatic rings. The average molecular weight is 521 g/mol. The van der Waals surface area contributed by atoms with Crippen molar-refractivity contribution in [1.82, 2.24) is 4.90 Å². The minimum Gasteiger partial charge on any atom is -0.329 e. The number of nitrogens with two attached hydrogens (primary N) is 1. The number of carbonyl (C=O) groups excluding carboxylic acids is 2. The van der Waals surface area contributed by atoms with Crippen molar-refractivity contribution in [2.45, 2.75) is 32.0 Å². The maximum absolute atomic E-state index is 14.3. The summed E-state index contributed by atoms with van der Waals surface area (Å²) in [6.07, 6.45) is -0.583. The molecule has 5 nitrogen and oxygen atoms in total. The van der Waals surface area contributed by atoms with Crippen LogP contribution < -0.4 is 10.6 Å². The van der Waals surface area contributed by atoms with Crippen LogP contribution in [0.5, 0.6) is 0 Å². The standard InChI is InChI=1S/C26H21F6N3O2/c27-18-9-22(31)20(29)6-15(18)5-17(33)8-25(36)34-11-14-3-1-2-4-24(14)35(26(37)13-34)12-16-7-21(30)23(32)10-19(16)28/h1-4,6-7,9-10,17H,5,8,11-13,33H2/t17-/m1/s1. The molecule has 0 aromatic heterocycles. The number of hydrogen-bond acceptors (Lipinski definition) is 3. The van der Waals surface area contributed by atoms with Crippen molar-refractivity contribution in [1.29, 1.82) is 0 Å². The first kappa shape index (κ1) is 26.2. The largest absolute Gasteiger partial charge is 0.329 e. The van der Waals surface area contributed by atoms with Gasteiger partial charge < -0.3 is 15.5 Å². The molecule has 194 valence electrons. The van der Waals surface area contributed by atoms with Gasteiger partial charge in [-0.3, -0.25) is 9.59 Å². The molecule has 1 aliphatic rings. The predicted octanol–water partition coefficient (Wildman–Crippen LogP) is 4.36. The number of halogens is 6. The highest BCUT2D eigenvalue weighted by atomic mass is 19.2. The molecule has 3 aromatic carbocycles. The Morgan fingerprint density at radius 2 is 1.38 bits per heavy atom. The normalized spacial score (nSPS) is 14.4. The second-order valence-electron chi connectivity index (χ2n) is 8.74. The molecule has 0 aliphatic carbocycles. The van der Waals surface area contributed by atoms with Gasteiger partial charge in [-0.1, -0.05) is 18.2 Å². The van der Waals surface area contributed by atoms with Crippen LogP contribution in [0.3, 0.4) is 0 Å². The Morgan fingerprint density at radius 3 is 2.05 bits per heavy atom. The number of rotatable bonds is 6. The predicted molar refractivity (Wildman–Crippen MR) is 122 cm³/mol. The monoisotopic (exact) mass is 521 g/mol. The van der Waals surface area contributed by atoms with Gasteiger partial charge in [-0.05, 0) is 35.7 Å². The zero-order valence-electron chi connectivity index (χ0n) is 19.3. The summed E-state index contributed by atoms with van der Waals surface area (Å²) in [6.45, 7) is -0.843. The Bertz CT molecular complexity index is 1370. The number of fused-ring (bicyclic) bond motifs is 1. The quantitative estimate of drug-likeness (QED) is 0.388. The fourth-order valence-electron chi connectivity index (χ4n) is 4.19. The second-order valence-corrected chi connectivity index (χ2v) is 8.74. The lowest BCUT2D eigenvalue weighted by Gasteiger charge is -2.24. The van der Waals surface area contributed by atoms with Crippen molar-refractivity contribution in [2.75, 3.05) is 11.4 Å². The van der Waals surface area contributed by atoms with Gasteiger partial charge >= 0.3 is 0 Å². The van der Waals surface area contributed by atoms with Gasteiger partial charge in [0, 0.05) is 42.4 Å². The first-order chi connectivity index (χ1) is 17.5. The molecule has 0 fully saturated rings. The van der Waals surface area contributed by atoms with Gasteiger partial charge in [-0.25, -0.2) is 26.3 Å². The van der Waals surface area contributed by atoms with Crippen LogP contribution in [-0.4, -0.2) is 29.3 Å². The highest BCUT2D eigenvalue weighted by Crippen LogP contribution is 2.29. The van der Waals surface area contributed by atoms with Crippen molar-refractivity contribution >= 4 is 17.5 Å². The summed E-state index contributed by atoms with van der Waals surface area (Å²) >= 11 is 0. The molecule has 0 saturated heterocycles. The summed E-state index contributed by atoms with van der Waals surface area (Å²) in [5.41, 5.74) is 6.42. The van der Waals surface area contributed by atoms with Gasteiger partial charge in [-0.2, -0.15) is 0 Å². The Morgan fingerprint density at radius 1 is 0.811 bits per heavy atom. The van der Waals surface area contributed by atoms with Crippen LogP contribution in [0, 0.1) is 34.9 Å². The number of para-hydroxylation sites is 1. The van der Waals surface area contributed by atoms with E-state index in [0.29, 0.717) is 35.5 Å². The zero-order valence-corrected chi connectivity index (χ0v) is 19.3. The average Bonchev–Trinajstić information content (AvgIpc) is 2.97. The summed E-state index contributed by atoms with van der Waals surface area (Å²) in [5, 5.41) is 0. The van der Waals surface area contributed by atoms with Crippen molar-refractivity contribution in [3.63, 3.8) is 0 Å². The smallest absolute Gasteiger partial charge is 0.246 e. The molecule has 1 heterocycles. The van der Waals surface area contributed by atoms with Crippen LogP contribution in [0.15, 0.2) is 48.5 Å². The molecule has 0 saturated carbocycles. The third-order valence-corrected chi connectivity index (χ3v) is 6.05. The van der Waals surface area contributed by atoms with E-state index in [4.69, 9.17) is 5.73 Å². The number of amides is 2. The summed E-state index contributed by atoms with van der Waals surface area (Å²) in [4.78, 5) is 28.5. The van der Waals surface area contributed by atoms with Crippen molar-refractivity contribution in [2.24, 2.45) is 5.73 Å². The van der Waals surface area contributed by atoms with Gasteiger partial charge in [-0.15, -0.1) is 0 Å². The second kappa shape index (κ2) is 10.6. The molecule has 0 unspecified atom stereocenters. The van der Waals surface area contributed by atoms with Gasteiger partial charge in [0.1, 0.15) is 18.2 Å². The molecule has 11 heteroatoms. The van der Waals surface area contributed by atoms with Crippen LogP contribution in [-0.2, 0) is 29.1 Å². The fraction of sp³-hybridized carbons (Fsp3) is 0.231. The fourth-order valence-corrected chi connectivity index (χ4v) is 4.19. The van der Waals surface area contributed by atoms with Crippen LogP contribution in [0.25, 0.3) is 0 Å². The van der Waals surface area contributed by atoms with E-state index in [0.717, 1.165) is 0 Å². The Hall–Kier alpha value is -3.86.